The van der Waals surface area contributed by atoms with Crippen molar-refractivity contribution in [3.63, 3.8) is 0 Å². The summed E-state index contributed by atoms with van der Waals surface area (Å²) in [5, 5.41) is 6.58. The van der Waals surface area contributed by atoms with E-state index in [0.717, 1.165) is 19.5 Å². The maximum atomic E-state index is 6.08. The van der Waals surface area contributed by atoms with Crippen molar-refractivity contribution in [1.82, 2.24) is 14.7 Å². The molecule has 0 aliphatic carbocycles. The summed E-state index contributed by atoms with van der Waals surface area (Å²) >= 11 is 1.80. The summed E-state index contributed by atoms with van der Waals surface area (Å²) in [5.41, 5.74) is 7.30. The minimum absolute atomic E-state index is 0.220. The molecule has 21 heavy (non-hydrogen) atoms. The van der Waals surface area contributed by atoms with Crippen molar-refractivity contribution in [3.05, 3.63) is 40.3 Å². The molecule has 0 fully saturated rings. The van der Waals surface area contributed by atoms with E-state index in [4.69, 9.17) is 5.73 Å². The standard InChI is InChI=1S/C16H26N4S/c1-4-7-19-11-14(10-18-19)16(9-17)20(13(2)3)12-15-6-5-8-21-15/h5-6,8,10-11,13,16H,4,7,9,12,17H2,1-3H3. The third kappa shape index (κ3) is 4.15. The maximum absolute atomic E-state index is 6.08. The molecule has 1 atom stereocenters. The molecule has 0 bridgehead atoms. The van der Waals surface area contributed by atoms with Gasteiger partial charge in [0.05, 0.1) is 12.2 Å². The Bertz CT molecular complexity index is 518. The Morgan fingerprint density at radius 1 is 1.43 bits per heavy atom. The molecule has 0 amide bonds. The molecule has 1 unspecified atom stereocenters. The van der Waals surface area contributed by atoms with Gasteiger partial charge in [-0.3, -0.25) is 9.58 Å². The minimum Gasteiger partial charge on any atom is -0.329 e. The fourth-order valence-electron chi connectivity index (χ4n) is 2.60. The second kappa shape index (κ2) is 7.73. The summed E-state index contributed by atoms with van der Waals surface area (Å²) in [4.78, 5) is 3.84. The number of hydrogen-bond donors (Lipinski definition) is 1. The SMILES string of the molecule is CCCn1cc(C(CN)N(Cc2cccs2)C(C)C)cn1. The van der Waals surface area contributed by atoms with E-state index in [-0.39, 0.29) is 6.04 Å². The van der Waals surface area contributed by atoms with Crippen molar-refractivity contribution in [2.75, 3.05) is 6.54 Å². The number of thiophene rings is 1. The summed E-state index contributed by atoms with van der Waals surface area (Å²) in [5.74, 6) is 0. The van der Waals surface area contributed by atoms with Crippen LogP contribution in [0.4, 0.5) is 0 Å². The lowest BCUT2D eigenvalue weighted by molar-refractivity contribution is 0.149. The quantitative estimate of drug-likeness (QED) is 0.814. The molecule has 116 valence electrons. The van der Waals surface area contributed by atoms with Gasteiger partial charge < -0.3 is 5.73 Å². The summed E-state index contributed by atoms with van der Waals surface area (Å²) in [6.07, 6.45) is 5.21. The van der Waals surface area contributed by atoms with E-state index >= 15 is 0 Å². The Morgan fingerprint density at radius 2 is 2.24 bits per heavy atom. The predicted octanol–water partition coefficient (Wildman–Crippen LogP) is 3.27. The molecule has 2 N–H and O–H groups in total. The molecule has 0 saturated carbocycles. The van der Waals surface area contributed by atoms with Crippen molar-refractivity contribution in [2.24, 2.45) is 5.73 Å². The average Bonchev–Trinajstić information content (AvgIpc) is 3.11. The zero-order valence-corrected chi connectivity index (χ0v) is 14.0. The van der Waals surface area contributed by atoms with Gasteiger partial charge in [0, 0.05) is 42.3 Å². The second-order valence-corrected chi connectivity index (χ2v) is 6.67. The monoisotopic (exact) mass is 306 g/mol. The van der Waals surface area contributed by atoms with Crippen molar-refractivity contribution < 1.29 is 0 Å². The fourth-order valence-corrected chi connectivity index (χ4v) is 3.31. The van der Waals surface area contributed by atoms with Crippen LogP contribution in [0.25, 0.3) is 0 Å². The Kier molecular flexibility index (Phi) is 5.96. The van der Waals surface area contributed by atoms with E-state index in [0.29, 0.717) is 12.6 Å². The Balaban J connectivity index is 2.18. The topological polar surface area (TPSA) is 47.1 Å². The summed E-state index contributed by atoms with van der Waals surface area (Å²) in [6.45, 7) is 9.14. The molecule has 0 spiro atoms. The summed E-state index contributed by atoms with van der Waals surface area (Å²) < 4.78 is 2.02. The van der Waals surface area contributed by atoms with Crippen molar-refractivity contribution in [2.45, 2.75) is 52.4 Å². The lowest BCUT2D eigenvalue weighted by atomic mass is 10.1. The number of aryl methyl sites for hydroxylation is 1. The maximum Gasteiger partial charge on any atom is 0.0538 e. The first-order chi connectivity index (χ1) is 10.2. The Labute approximate surface area is 131 Å². The number of aromatic nitrogens is 2. The van der Waals surface area contributed by atoms with E-state index in [1.54, 1.807) is 11.3 Å². The molecule has 0 saturated heterocycles. The van der Waals surface area contributed by atoms with Crippen LogP contribution >= 0.6 is 11.3 Å². The van der Waals surface area contributed by atoms with Crippen LogP contribution in [0, 0.1) is 0 Å². The molecule has 2 aromatic heterocycles. The lowest BCUT2D eigenvalue weighted by Crippen LogP contribution is -2.37. The molecular formula is C16H26N4S. The van der Waals surface area contributed by atoms with Crippen molar-refractivity contribution >= 4 is 11.3 Å². The van der Waals surface area contributed by atoms with Gasteiger partial charge in [-0.15, -0.1) is 11.3 Å². The van der Waals surface area contributed by atoms with Gasteiger partial charge in [0.2, 0.25) is 0 Å². The number of rotatable bonds is 8. The molecule has 0 radical (unpaired) electrons. The van der Waals surface area contributed by atoms with Gasteiger partial charge >= 0.3 is 0 Å². The molecule has 2 aromatic rings. The van der Waals surface area contributed by atoms with Crippen LogP contribution in [-0.2, 0) is 13.1 Å². The molecule has 2 rings (SSSR count). The van der Waals surface area contributed by atoms with Gasteiger partial charge in [0.15, 0.2) is 0 Å². The first kappa shape index (κ1) is 16.2. The van der Waals surface area contributed by atoms with Crippen LogP contribution in [0.2, 0.25) is 0 Å². The number of nitrogens with zero attached hydrogens (tertiary/aromatic N) is 3. The summed E-state index contributed by atoms with van der Waals surface area (Å²) in [6, 6.07) is 4.96. The van der Waals surface area contributed by atoms with E-state index in [1.807, 2.05) is 10.9 Å². The fraction of sp³-hybridized carbons (Fsp3) is 0.562. The highest BCUT2D eigenvalue weighted by molar-refractivity contribution is 7.09. The van der Waals surface area contributed by atoms with Gasteiger partial charge in [0.25, 0.3) is 0 Å². The zero-order valence-electron chi connectivity index (χ0n) is 13.2. The van der Waals surface area contributed by atoms with Crippen LogP contribution < -0.4 is 5.73 Å². The largest absolute Gasteiger partial charge is 0.329 e. The first-order valence-electron chi connectivity index (χ1n) is 7.66. The van der Waals surface area contributed by atoms with Crippen molar-refractivity contribution in [1.29, 1.82) is 0 Å². The third-order valence-corrected chi connectivity index (χ3v) is 4.56. The third-order valence-electron chi connectivity index (χ3n) is 3.70. The highest BCUT2D eigenvalue weighted by atomic mass is 32.1. The van der Waals surface area contributed by atoms with Crippen LogP contribution in [-0.4, -0.2) is 27.3 Å². The van der Waals surface area contributed by atoms with Gasteiger partial charge in [-0.2, -0.15) is 5.10 Å². The van der Waals surface area contributed by atoms with Gasteiger partial charge in [-0.1, -0.05) is 13.0 Å². The molecular weight excluding hydrogens is 280 g/mol. The smallest absolute Gasteiger partial charge is 0.0538 e. The zero-order chi connectivity index (χ0) is 15.2. The highest BCUT2D eigenvalue weighted by Crippen LogP contribution is 2.25. The van der Waals surface area contributed by atoms with Crippen LogP contribution in [0.5, 0.6) is 0 Å². The molecule has 0 aliphatic heterocycles. The van der Waals surface area contributed by atoms with Crippen LogP contribution in [0.15, 0.2) is 29.9 Å². The minimum atomic E-state index is 0.220. The van der Waals surface area contributed by atoms with Gasteiger partial charge in [-0.25, -0.2) is 0 Å². The molecule has 0 aliphatic rings. The van der Waals surface area contributed by atoms with Gasteiger partial charge in [-0.05, 0) is 31.7 Å². The van der Waals surface area contributed by atoms with Gasteiger partial charge in [0.1, 0.15) is 0 Å². The highest BCUT2D eigenvalue weighted by Gasteiger charge is 2.23. The predicted molar refractivity (Wildman–Crippen MR) is 89.3 cm³/mol. The first-order valence-corrected chi connectivity index (χ1v) is 8.54. The molecule has 2 heterocycles. The lowest BCUT2D eigenvalue weighted by Gasteiger charge is -2.33. The second-order valence-electron chi connectivity index (χ2n) is 5.63. The molecule has 5 heteroatoms. The van der Waals surface area contributed by atoms with Crippen LogP contribution in [0.1, 0.15) is 43.7 Å². The summed E-state index contributed by atoms with van der Waals surface area (Å²) in [7, 11) is 0. The van der Waals surface area contributed by atoms with E-state index in [9.17, 15) is 0 Å². The molecule has 4 nitrogen and oxygen atoms in total. The van der Waals surface area contributed by atoms with E-state index < -0.39 is 0 Å². The number of nitrogens with two attached hydrogens (primary N) is 1. The van der Waals surface area contributed by atoms with Crippen molar-refractivity contribution in [3.8, 4) is 0 Å². The normalized spacial score (nSPS) is 13.2. The molecule has 0 aromatic carbocycles. The Morgan fingerprint density at radius 3 is 2.81 bits per heavy atom. The number of hydrogen-bond acceptors (Lipinski definition) is 4. The average molecular weight is 306 g/mol. The van der Waals surface area contributed by atoms with E-state index in [1.165, 1.54) is 10.4 Å². The van der Waals surface area contributed by atoms with E-state index in [2.05, 4.69) is 54.5 Å². The van der Waals surface area contributed by atoms with Crippen LogP contribution in [0.3, 0.4) is 0 Å². The Hall–Kier alpha value is -1.17.